The van der Waals surface area contributed by atoms with Crippen LogP contribution in [0.1, 0.15) is 24.8 Å². The van der Waals surface area contributed by atoms with Gasteiger partial charge in [0.1, 0.15) is 0 Å². The van der Waals surface area contributed by atoms with Crippen LogP contribution < -0.4 is 10.2 Å². The first-order valence-electron chi connectivity index (χ1n) is 6.30. The Morgan fingerprint density at radius 1 is 1.31 bits per heavy atom. The van der Waals surface area contributed by atoms with E-state index in [9.17, 15) is 0 Å². The molecule has 2 nitrogen and oxygen atoms in total. The van der Waals surface area contributed by atoms with Gasteiger partial charge in [0.05, 0.1) is 0 Å². The zero-order valence-electron chi connectivity index (χ0n) is 10.00. The SMILES string of the molecule is CNCc1cccc(N2CC3(CCC3)C2)c1. The Hall–Kier alpha value is -1.02. The summed E-state index contributed by atoms with van der Waals surface area (Å²) in [6.45, 7) is 3.54. The molecule has 1 N–H and O–H groups in total. The quantitative estimate of drug-likeness (QED) is 0.834. The summed E-state index contributed by atoms with van der Waals surface area (Å²) < 4.78 is 0. The monoisotopic (exact) mass is 216 g/mol. The predicted molar refractivity (Wildman–Crippen MR) is 67.7 cm³/mol. The Balaban J connectivity index is 1.68. The number of rotatable bonds is 3. The number of anilines is 1. The molecule has 0 bridgehead atoms. The molecule has 2 fully saturated rings. The summed E-state index contributed by atoms with van der Waals surface area (Å²) in [4.78, 5) is 2.53. The summed E-state index contributed by atoms with van der Waals surface area (Å²) in [6, 6.07) is 8.93. The zero-order chi connectivity index (χ0) is 11.0. The second kappa shape index (κ2) is 3.77. The Kier molecular flexibility index (Phi) is 2.40. The van der Waals surface area contributed by atoms with Crippen LogP contribution in [0.4, 0.5) is 5.69 Å². The molecule has 3 rings (SSSR count). The minimum absolute atomic E-state index is 0.721. The van der Waals surface area contributed by atoms with Crippen molar-refractivity contribution in [3.63, 3.8) is 0 Å². The minimum Gasteiger partial charge on any atom is -0.370 e. The fourth-order valence-corrected chi connectivity index (χ4v) is 3.01. The average molecular weight is 216 g/mol. The van der Waals surface area contributed by atoms with Crippen LogP contribution in [0.5, 0.6) is 0 Å². The first-order valence-corrected chi connectivity index (χ1v) is 6.30. The molecule has 0 unspecified atom stereocenters. The molecule has 1 spiro atoms. The fraction of sp³-hybridized carbons (Fsp3) is 0.571. The van der Waals surface area contributed by atoms with Gasteiger partial charge in [-0.2, -0.15) is 0 Å². The fourth-order valence-electron chi connectivity index (χ4n) is 3.01. The summed E-state index contributed by atoms with van der Waals surface area (Å²) in [5.41, 5.74) is 3.51. The van der Waals surface area contributed by atoms with Crippen LogP contribution in [0.15, 0.2) is 24.3 Å². The third kappa shape index (κ3) is 1.61. The first-order chi connectivity index (χ1) is 7.81. The van der Waals surface area contributed by atoms with Crippen molar-refractivity contribution in [3.05, 3.63) is 29.8 Å². The number of nitrogens with zero attached hydrogens (tertiary/aromatic N) is 1. The lowest BCUT2D eigenvalue weighted by Crippen LogP contribution is -2.59. The molecule has 1 aliphatic heterocycles. The Labute approximate surface area is 97.6 Å². The highest BCUT2D eigenvalue weighted by Crippen LogP contribution is 2.49. The van der Waals surface area contributed by atoms with Crippen molar-refractivity contribution < 1.29 is 0 Å². The number of benzene rings is 1. The van der Waals surface area contributed by atoms with Crippen molar-refractivity contribution in [2.24, 2.45) is 5.41 Å². The second-order valence-corrected chi connectivity index (χ2v) is 5.41. The normalized spacial score (nSPS) is 21.7. The Morgan fingerprint density at radius 3 is 2.75 bits per heavy atom. The summed E-state index contributed by atoms with van der Waals surface area (Å²) in [5.74, 6) is 0. The molecular formula is C14H20N2. The molecule has 2 aliphatic rings. The molecule has 1 saturated heterocycles. The van der Waals surface area contributed by atoms with E-state index >= 15 is 0 Å². The highest BCUT2D eigenvalue weighted by molar-refractivity contribution is 5.52. The van der Waals surface area contributed by atoms with Crippen molar-refractivity contribution >= 4 is 5.69 Å². The second-order valence-electron chi connectivity index (χ2n) is 5.41. The lowest BCUT2D eigenvalue weighted by atomic mass is 9.63. The predicted octanol–water partition coefficient (Wildman–Crippen LogP) is 2.40. The van der Waals surface area contributed by atoms with E-state index in [0.29, 0.717) is 0 Å². The highest BCUT2D eigenvalue weighted by atomic mass is 15.2. The number of hydrogen-bond donors (Lipinski definition) is 1. The van der Waals surface area contributed by atoms with E-state index in [1.54, 1.807) is 0 Å². The average Bonchev–Trinajstić information content (AvgIpc) is 2.14. The van der Waals surface area contributed by atoms with E-state index < -0.39 is 0 Å². The topological polar surface area (TPSA) is 15.3 Å². The van der Waals surface area contributed by atoms with Crippen LogP contribution >= 0.6 is 0 Å². The van der Waals surface area contributed by atoms with Crippen LogP contribution in [-0.4, -0.2) is 20.1 Å². The van der Waals surface area contributed by atoms with Gasteiger partial charge < -0.3 is 10.2 Å². The summed E-state index contributed by atoms with van der Waals surface area (Å²) in [6.07, 6.45) is 4.37. The Morgan fingerprint density at radius 2 is 2.12 bits per heavy atom. The van der Waals surface area contributed by atoms with Crippen molar-refractivity contribution in [2.45, 2.75) is 25.8 Å². The van der Waals surface area contributed by atoms with E-state index in [1.165, 1.54) is 43.6 Å². The maximum atomic E-state index is 3.21. The van der Waals surface area contributed by atoms with Crippen molar-refractivity contribution in [3.8, 4) is 0 Å². The van der Waals surface area contributed by atoms with Gasteiger partial charge in [-0.25, -0.2) is 0 Å². The first kappa shape index (κ1) is 10.2. The number of hydrogen-bond acceptors (Lipinski definition) is 2. The van der Waals surface area contributed by atoms with Crippen LogP contribution in [-0.2, 0) is 6.54 Å². The van der Waals surface area contributed by atoms with Crippen LogP contribution in [0.3, 0.4) is 0 Å². The molecule has 0 amide bonds. The molecule has 1 aromatic rings. The van der Waals surface area contributed by atoms with E-state index in [0.717, 1.165) is 12.0 Å². The maximum absolute atomic E-state index is 3.21. The molecule has 0 aromatic heterocycles. The summed E-state index contributed by atoms with van der Waals surface area (Å²) in [7, 11) is 2.00. The molecule has 1 aromatic carbocycles. The molecule has 1 heterocycles. The van der Waals surface area contributed by atoms with Gasteiger partial charge in [-0.15, -0.1) is 0 Å². The molecular weight excluding hydrogens is 196 g/mol. The van der Waals surface area contributed by atoms with Crippen molar-refractivity contribution in [2.75, 3.05) is 25.0 Å². The molecule has 1 aliphatic carbocycles. The van der Waals surface area contributed by atoms with E-state index in [4.69, 9.17) is 0 Å². The Bertz CT molecular complexity index is 374. The largest absolute Gasteiger partial charge is 0.370 e. The highest BCUT2D eigenvalue weighted by Gasteiger charge is 2.47. The lowest BCUT2D eigenvalue weighted by Gasteiger charge is -2.57. The third-order valence-corrected chi connectivity index (χ3v) is 4.12. The van der Waals surface area contributed by atoms with Crippen LogP contribution in [0, 0.1) is 5.41 Å². The van der Waals surface area contributed by atoms with Gasteiger partial charge in [-0.05, 0) is 37.6 Å². The van der Waals surface area contributed by atoms with Gasteiger partial charge in [0.2, 0.25) is 0 Å². The van der Waals surface area contributed by atoms with Gasteiger partial charge >= 0.3 is 0 Å². The molecule has 86 valence electrons. The van der Waals surface area contributed by atoms with Gasteiger partial charge in [-0.1, -0.05) is 18.6 Å². The smallest absolute Gasteiger partial charge is 0.0369 e. The molecule has 2 heteroatoms. The number of nitrogens with one attached hydrogen (secondary N) is 1. The minimum atomic E-state index is 0.721. The molecule has 1 saturated carbocycles. The molecule has 0 atom stereocenters. The lowest BCUT2D eigenvalue weighted by molar-refractivity contribution is 0.0904. The van der Waals surface area contributed by atoms with Gasteiger partial charge in [0.25, 0.3) is 0 Å². The van der Waals surface area contributed by atoms with Gasteiger partial charge in [-0.3, -0.25) is 0 Å². The van der Waals surface area contributed by atoms with Gasteiger partial charge in [0, 0.05) is 30.7 Å². The molecule has 16 heavy (non-hydrogen) atoms. The summed E-state index contributed by atoms with van der Waals surface area (Å²) in [5, 5.41) is 3.21. The third-order valence-electron chi connectivity index (χ3n) is 4.12. The van der Waals surface area contributed by atoms with E-state index in [1.807, 2.05) is 7.05 Å². The van der Waals surface area contributed by atoms with Crippen LogP contribution in [0.2, 0.25) is 0 Å². The van der Waals surface area contributed by atoms with Crippen molar-refractivity contribution in [1.29, 1.82) is 0 Å². The van der Waals surface area contributed by atoms with Gasteiger partial charge in [0.15, 0.2) is 0 Å². The standard InChI is InChI=1S/C14H20N2/c1-15-9-12-4-2-5-13(8-12)16-10-14(11-16)6-3-7-14/h2,4-5,8,15H,3,6-7,9-11H2,1H3. The molecule has 0 radical (unpaired) electrons. The van der Waals surface area contributed by atoms with Crippen LogP contribution in [0.25, 0.3) is 0 Å². The van der Waals surface area contributed by atoms with E-state index in [-0.39, 0.29) is 0 Å². The van der Waals surface area contributed by atoms with E-state index in [2.05, 4.69) is 34.5 Å². The maximum Gasteiger partial charge on any atom is 0.0369 e. The van der Waals surface area contributed by atoms with Crippen molar-refractivity contribution in [1.82, 2.24) is 5.32 Å². The zero-order valence-corrected chi connectivity index (χ0v) is 10.00. The summed E-state index contributed by atoms with van der Waals surface area (Å²) >= 11 is 0.